The first-order valence-corrected chi connectivity index (χ1v) is 7.72. The van der Waals surface area contributed by atoms with E-state index < -0.39 is 33.7 Å². The van der Waals surface area contributed by atoms with Gasteiger partial charge in [-0.2, -0.15) is 0 Å². The maximum absolute atomic E-state index is 13.0. The Hall–Kier alpha value is -1.96. The van der Waals surface area contributed by atoms with Crippen LogP contribution in [0.2, 0.25) is 0 Å². The molecule has 6 nitrogen and oxygen atoms in total. The van der Waals surface area contributed by atoms with Crippen LogP contribution in [0.3, 0.4) is 0 Å². The summed E-state index contributed by atoms with van der Waals surface area (Å²) >= 11 is 0. The second kappa shape index (κ2) is 5.20. The summed E-state index contributed by atoms with van der Waals surface area (Å²) < 4.78 is 36.7. The Balaban J connectivity index is 2.19. The molecule has 0 radical (unpaired) electrons. The summed E-state index contributed by atoms with van der Waals surface area (Å²) in [6, 6.07) is 4.14. The van der Waals surface area contributed by atoms with Gasteiger partial charge < -0.3 is 5.32 Å². The molecule has 0 saturated carbocycles. The monoisotopic (exact) mass is 300 g/mol. The maximum Gasteiger partial charge on any atom is 0.248 e. The van der Waals surface area contributed by atoms with Crippen LogP contribution in [0.4, 0.5) is 10.1 Å². The Morgan fingerprint density at radius 2 is 2.15 bits per heavy atom. The number of carbonyl (C=O) groups excluding carboxylic acids is 2. The first-order valence-electron chi connectivity index (χ1n) is 5.88. The van der Waals surface area contributed by atoms with Crippen molar-refractivity contribution in [3.05, 3.63) is 30.1 Å². The standard InChI is InChI=1S/C12H13FN2O4S/c1-20(18,19)15-10(5-6-11(15)16)12(17)14-9-4-2-3-8(13)7-9/h2-4,7,10H,5-6H2,1H3,(H,14,17). The molecule has 1 aromatic rings. The summed E-state index contributed by atoms with van der Waals surface area (Å²) in [6.07, 6.45) is 0.986. The van der Waals surface area contributed by atoms with E-state index in [9.17, 15) is 22.4 Å². The van der Waals surface area contributed by atoms with Gasteiger partial charge in [-0.05, 0) is 24.6 Å². The Bertz CT molecular complexity index is 659. The number of halogens is 1. The molecule has 1 aliphatic rings. The summed E-state index contributed by atoms with van der Waals surface area (Å²) in [4.78, 5) is 23.6. The summed E-state index contributed by atoms with van der Waals surface area (Å²) in [6.45, 7) is 0. The lowest BCUT2D eigenvalue weighted by Gasteiger charge is -2.21. The van der Waals surface area contributed by atoms with Gasteiger partial charge in [0.1, 0.15) is 11.9 Å². The molecule has 1 heterocycles. The van der Waals surface area contributed by atoms with Crippen LogP contribution in [0.25, 0.3) is 0 Å². The number of carbonyl (C=O) groups is 2. The van der Waals surface area contributed by atoms with E-state index in [2.05, 4.69) is 5.32 Å². The van der Waals surface area contributed by atoms with E-state index in [1.165, 1.54) is 18.2 Å². The molecular weight excluding hydrogens is 287 g/mol. The van der Waals surface area contributed by atoms with E-state index >= 15 is 0 Å². The van der Waals surface area contributed by atoms with Crippen LogP contribution < -0.4 is 5.32 Å². The average Bonchev–Trinajstić information content (AvgIpc) is 2.71. The molecule has 1 aliphatic heterocycles. The van der Waals surface area contributed by atoms with Gasteiger partial charge in [0, 0.05) is 12.1 Å². The van der Waals surface area contributed by atoms with Gasteiger partial charge in [-0.15, -0.1) is 0 Å². The molecule has 1 saturated heterocycles. The van der Waals surface area contributed by atoms with Crippen molar-refractivity contribution in [3.63, 3.8) is 0 Å². The highest BCUT2D eigenvalue weighted by molar-refractivity contribution is 7.89. The molecule has 8 heteroatoms. The first-order chi connectivity index (χ1) is 9.29. The van der Waals surface area contributed by atoms with E-state index in [0.29, 0.717) is 4.31 Å². The minimum absolute atomic E-state index is 0.00565. The summed E-state index contributed by atoms with van der Waals surface area (Å²) in [5.74, 6) is -1.77. The fraction of sp³-hybridized carbons (Fsp3) is 0.333. The maximum atomic E-state index is 13.0. The third-order valence-electron chi connectivity index (χ3n) is 2.91. The minimum Gasteiger partial charge on any atom is -0.324 e. The van der Waals surface area contributed by atoms with E-state index in [-0.39, 0.29) is 18.5 Å². The number of sulfonamides is 1. The van der Waals surface area contributed by atoms with E-state index in [1.54, 1.807) is 0 Å². The van der Waals surface area contributed by atoms with E-state index in [4.69, 9.17) is 0 Å². The molecule has 0 aliphatic carbocycles. The highest BCUT2D eigenvalue weighted by Crippen LogP contribution is 2.23. The second-order valence-electron chi connectivity index (χ2n) is 4.51. The molecule has 20 heavy (non-hydrogen) atoms. The molecule has 0 spiro atoms. The molecule has 0 aromatic heterocycles. The Morgan fingerprint density at radius 1 is 1.45 bits per heavy atom. The molecule has 1 unspecified atom stereocenters. The molecule has 1 N–H and O–H groups in total. The lowest BCUT2D eigenvalue weighted by molar-refractivity contribution is -0.128. The molecular formula is C12H13FN2O4S. The topological polar surface area (TPSA) is 83.6 Å². The first kappa shape index (κ1) is 14.4. The number of nitrogens with one attached hydrogen (secondary N) is 1. The number of amides is 2. The summed E-state index contributed by atoms with van der Waals surface area (Å²) in [5.41, 5.74) is 0.211. The molecule has 2 rings (SSSR count). The zero-order valence-electron chi connectivity index (χ0n) is 10.7. The van der Waals surface area contributed by atoms with Crippen molar-refractivity contribution in [1.82, 2.24) is 4.31 Å². The number of benzene rings is 1. The van der Waals surface area contributed by atoms with Crippen molar-refractivity contribution in [2.75, 3.05) is 11.6 Å². The fourth-order valence-corrected chi connectivity index (χ4v) is 3.23. The number of hydrogen-bond acceptors (Lipinski definition) is 4. The van der Waals surface area contributed by atoms with Crippen molar-refractivity contribution in [1.29, 1.82) is 0 Å². The van der Waals surface area contributed by atoms with Gasteiger partial charge >= 0.3 is 0 Å². The molecule has 1 fully saturated rings. The van der Waals surface area contributed by atoms with Gasteiger partial charge in [0.15, 0.2) is 0 Å². The second-order valence-corrected chi connectivity index (χ2v) is 6.37. The van der Waals surface area contributed by atoms with Crippen LogP contribution in [0.5, 0.6) is 0 Å². The van der Waals surface area contributed by atoms with Crippen molar-refractivity contribution >= 4 is 27.5 Å². The van der Waals surface area contributed by atoms with Gasteiger partial charge in [0.05, 0.1) is 6.26 Å². The van der Waals surface area contributed by atoms with Crippen LogP contribution in [0.15, 0.2) is 24.3 Å². The molecule has 1 atom stereocenters. The fourth-order valence-electron chi connectivity index (χ4n) is 2.11. The lowest BCUT2D eigenvalue weighted by atomic mass is 10.2. The number of anilines is 1. The van der Waals surface area contributed by atoms with Gasteiger partial charge in [-0.1, -0.05) is 6.07 Å². The number of hydrogen-bond donors (Lipinski definition) is 1. The SMILES string of the molecule is CS(=O)(=O)N1C(=O)CCC1C(=O)Nc1cccc(F)c1. The third-order valence-corrected chi connectivity index (χ3v) is 4.09. The van der Waals surface area contributed by atoms with Gasteiger partial charge in [0.2, 0.25) is 21.8 Å². The molecule has 2 amide bonds. The van der Waals surface area contributed by atoms with E-state index in [0.717, 1.165) is 12.3 Å². The summed E-state index contributed by atoms with van der Waals surface area (Å²) in [5, 5.41) is 2.41. The van der Waals surface area contributed by atoms with Gasteiger partial charge in [0.25, 0.3) is 0 Å². The van der Waals surface area contributed by atoms with Crippen LogP contribution in [0.1, 0.15) is 12.8 Å². The number of nitrogens with zero attached hydrogens (tertiary/aromatic N) is 1. The minimum atomic E-state index is -3.80. The van der Waals surface area contributed by atoms with Crippen molar-refractivity contribution in [2.24, 2.45) is 0 Å². The average molecular weight is 300 g/mol. The number of rotatable bonds is 3. The highest BCUT2D eigenvalue weighted by Gasteiger charge is 2.41. The van der Waals surface area contributed by atoms with Crippen LogP contribution in [-0.2, 0) is 19.6 Å². The predicted octanol–water partition coefficient (Wildman–Crippen LogP) is 0.715. The predicted molar refractivity (Wildman–Crippen MR) is 69.7 cm³/mol. The largest absolute Gasteiger partial charge is 0.324 e. The van der Waals surface area contributed by atoms with Gasteiger partial charge in [-0.25, -0.2) is 17.1 Å². The zero-order valence-corrected chi connectivity index (χ0v) is 11.5. The van der Waals surface area contributed by atoms with Crippen LogP contribution in [-0.4, -0.2) is 36.8 Å². The normalized spacial score (nSPS) is 19.2. The van der Waals surface area contributed by atoms with Crippen molar-refractivity contribution < 1.29 is 22.4 Å². The van der Waals surface area contributed by atoms with Crippen LogP contribution >= 0.6 is 0 Å². The Labute approximate surface area is 115 Å². The molecule has 0 bridgehead atoms. The quantitative estimate of drug-likeness (QED) is 0.891. The Morgan fingerprint density at radius 3 is 2.75 bits per heavy atom. The smallest absolute Gasteiger partial charge is 0.248 e. The highest BCUT2D eigenvalue weighted by atomic mass is 32.2. The van der Waals surface area contributed by atoms with Crippen molar-refractivity contribution in [3.8, 4) is 0 Å². The zero-order chi connectivity index (χ0) is 14.9. The van der Waals surface area contributed by atoms with Crippen molar-refractivity contribution in [2.45, 2.75) is 18.9 Å². The third kappa shape index (κ3) is 2.96. The van der Waals surface area contributed by atoms with Gasteiger partial charge in [-0.3, -0.25) is 9.59 Å². The molecule has 108 valence electrons. The lowest BCUT2D eigenvalue weighted by Crippen LogP contribution is -2.44. The Kier molecular flexibility index (Phi) is 3.76. The summed E-state index contributed by atoms with van der Waals surface area (Å²) in [7, 11) is -3.80. The molecule has 1 aromatic carbocycles. The van der Waals surface area contributed by atoms with E-state index in [1.807, 2.05) is 0 Å². The van der Waals surface area contributed by atoms with Crippen LogP contribution in [0, 0.1) is 5.82 Å².